The Kier molecular flexibility index (Phi) is 3.89. The molecule has 6 heteroatoms. The van der Waals surface area contributed by atoms with Crippen molar-refractivity contribution in [3.8, 4) is 0 Å². The summed E-state index contributed by atoms with van der Waals surface area (Å²) in [6, 6.07) is 5.47. The molecule has 0 amide bonds. The third-order valence-corrected chi connectivity index (χ3v) is 2.91. The molecule has 2 aromatic rings. The first-order valence-corrected chi connectivity index (χ1v) is 6.02. The first-order chi connectivity index (χ1) is 9.11. The second kappa shape index (κ2) is 5.60. The minimum atomic E-state index is -0.377. The zero-order chi connectivity index (χ0) is 13.8. The minimum absolute atomic E-state index is 0.216. The summed E-state index contributed by atoms with van der Waals surface area (Å²) in [6.07, 6.45) is 1.07. The summed E-state index contributed by atoms with van der Waals surface area (Å²) in [7, 11) is 3.04. The number of ether oxygens (including phenoxy) is 1. The molecule has 1 heterocycles. The number of carbonyl (C=O) groups excluding carboxylic acids is 1. The largest absolute Gasteiger partial charge is 0.469 e. The van der Waals surface area contributed by atoms with Gasteiger partial charge >= 0.3 is 11.7 Å². The molecule has 0 aliphatic rings. The molecule has 0 saturated carbocycles. The van der Waals surface area contributed by atoms with Crippen molar-refractivity contribution >= 4 is 22.8 Å². The number of nitrogens with one attached hydrogen (secondary N) is 1. The second-order valence-corrected chi connectivity index (χ2v) is 4.22. The van der Waals surface area contributed by atoms with E-state index >= 15 is 0 Å². The molecule has 0 spiro atoms. The van der Waals surface area contributed by atoms with E-state index in [2.05, 4.69) is 10.1 Å². The van der Waals surface area contributed by atoms with Gasteiger partial charge in [0.05, 0.1) is 12.6 Å². The Morgan fingerprint density at radius 1 is 1.47 bits per heavy atom. The third-order valence-electron chi connectivity index (χ3n) is 2.91. The van der Waals surface area contributed by atoms with Gasteiger partial charge in [-0.25, -0.2) is 4.79 Å². The van der Waals surface area contributed by atoms with E-state index in [-0.39, 0.29) is 11.7 Å². The highest BCUT2D eigenvalue weighted by Gasteiger charge is 2.06. The van der Waals surface area contributed by atoms with E-state index in [4.69, 9.17) is 4.42 Å². The molecule has 6 nitrogen and oxygen atoms in total. The number of hydrogen-bond acceptors (Lipinski definition) is 5. The fourth-order valence-electron chi connectivity index (χ4n) is 1.81. The number of aryl methyl sites for hydroxylation is 1. The van der Waals surface area contributed by atoms with Gasteiger partial charge in [-0.05, 0) is 18.6 Å². The van der Waals surface area contributed by atoms with E-state index < -0.39 is 0 Å². The van der Waals surface area contributed by atoms with Gasteiger partial charge < -0.3 is 14.5 Å². The number of fused-ring (bicyclic) bond motifs is 1. The lowest BCUT2D eigenvalue weighted by Crippen LogP contribution is -2.08. The lowest BCUT2D eigenvalue weighted by molar-refractivity contribution is -0.140. The molecule has 1 N–H and O–H groups in total. The normalized spacial score (nSPS) is 10.6. The Labute approximate surface area is 110 Å². The van der Waals surface area contributed by atoms with Crippen LogP contribution in [0.4, 0.5) is 5.69 Å². The van der Waals surface area contributed by atoms with Crippen molar-refractivity contribution in [2.24, 2.45) is 7.05 Å². The Bertz CT molecular complexity index is 642. The van der Waals surface area contributed by atoms with Gasteiger partial charge in [0.15, 0.2) is 5.58 Å². The van der Waals surface area contributed by atoms with Crippen LogP contribution in [0.2, 0.25) is 0 Å². The Morgan fingerprint density at radius 3 is 3.00 bits per heavy atom. The number of nitrogens with zero attached hydrogens (tertiary/aromatic N) is 1. The molecule has 0 aliphatic heterocycles. The SMILES string of the molecule is COC(=O)CCCNc1ccc2c(c1)oc(=O)n2C. The number of esters is 1. The Hall–Kier alpha value is -2.24. The molecular weight excluding hydrogens is 248 g/mol. The number of anilines is 1. The van der Waals surface area contributed by atoms with Crippen LogP contribution in [0.15, 0.2) is 27.4 Å². The van der Waals surface area contributed by atoms with Crippen molar-refractivity contribution in [1.82, 2.24) is 4.57 Å². The van der Waals surface area contributed by atoms with Crippen molar-refractivity contribution in [3.05, 3.63) is 28.7 Å². The van der Waals surface area contributed by atoms with Crippen molar-refractivity contribution in [2.45, 2.75) is 12.8 Å². The van der Waals surface area contributed by atoms with E-state index in [0.29, 0.717) is 25.0 Å². The molecule has 0 atom stereocenters. The molecule has 102 valence electrons. The number of benzene rings is 1. The maximum Gasteiger partial charge on any atom is 0.419 e. The van der Waals surface area contributed by atoms with Crippen molar-refractivity contribution in [3.63, 3.8) is 0 Å². The highest BCUT2D eigenvalue weighted by atomic mass is 16.5. The average Bonchev–Trinajstić information content (AvgIpc) is 2.69. The van der Waals surface area contributed by atoms with Gasteiger partial charge in [-0.1, -0.05) is 0 Å². The van der Waals surface area contributed by atoms with E-state index in [9.17, 15) is 9.59 Å². The number of hydrogen-bond donors (Lipinski definition) is 1. The topological polar surface area (TPSA) is 73.5 Å². The highest BCUT2D eigenvalue weighted by Crippen LogP contribution is 2.17. The first-order valence-electron chi connectivity index (χ1n) is 6.02. The molecule has 1 aromatic carbocycles. The summed E-state index contributed by atoms with van der Waals surface area (Å²) in [4.78, 5) is 22.3. The molecule has 0 bridgehead atoms. The van der Waals surface area contributed by atoms with E-state index in [1.165, 1.54) is 11.7 Å². The number of rotatable bonds is 5. The zero-order valence-corrected chi connectivity index (χ0v) is 10.9. The molecule has 19 heavy (non-hydrogen) atoms. The lowest BCUT2D eigenvalue weighted by atomic mass is 10.2. The predicted molar refractivity (Wildman–Crippen MR) is 71.2 cm³/mol. The summed E-state index contributed by atoms with van der Waals surface area (Å²) in [5, 5.41) is 3.17. The lowest BCUT2D eigenvalue weighted by Gasteiger charge is -2.05. The molecular formula is C13H16N2O4. The summed E-state index contributed by atoms with van der Waals surface area (Å²) >= 11 is 0. The van der Waals surface area contributed by atoms with Crippen LogP contribution >= 0.6 is 0 Å². The molecule has 0 radical (unpaired) electrons. The summed E-state index contributed by atoms with van der Waals surface area (Å²) in [6.45, 7) is 0.650. The average molecular weight is 264 g/mol. The summed E-state index contributed by atoms with van der Waals surface area (Å²) < 4.78 is 11.1. The van der Waals surface area contributed by atoms with E-state index in [1.54, 1.807) is 13.1 Å². The van der Waals surface area contributed by atoms with Crippen molar-refractivity contribution < 1.29 is 13.9 Å². The molecule has 0 unspecified atom stereocenters. The van der Waals surface area contributed by atoms with Crippen LogP contribution in [-0.4, -0.2) is 24.2 Å². The highest BCUT2D eigenvalue weighted by molar-refractivity contribution is 5.77. The van der Waals surface area contributed by atoms with Crippen LogP contribution in [0.25, 0.3) is 11.1 Å². The van der Waals surface area contributed by atoms with Gasteiger partial charge in [-0.15, -0.1) is 0 Å². The fraction of sp³-hybridized carbons (Fsp3) is 0.385. The Morgan fingerprint density at radius 2 is 2.26 bits per heavy atom. The number of oxazole rings is 1. The summed E-state index contributed by atoms with van der Waals surface area (Å²) in [5.41, 5.74) is 2.15. The van der Waals surface area contributed by atoms with Gasteiger partial charge in [-0.3, -0.25) is 9.36 Å². The molecule has 0 aliphatic carbocycles. The van der Waals surface area contributed by atoms with Crippen LogP contribution in [0.1, 0.15) is 12.8 Å². The van der Waals surface area contributed by atoms with Gasteiger partial charge in [0, 0.05) is 31.8 Å². The zero-order valence-electron chi connectivity index (χ0n) is 10.9. The van der Waals surface area contributed by atoms with Gasteiger partial charge in [-0.2, -0.15) is 0 Å². The van der Waals surface area contributed by atoms with Crippen LogP contribution in [0.3, 0.4) is 0 Å². The number of methoxy groups -OCH3 is 1. The number of carbonyl (C=O) groups is 1. The molecule has 1 aromatic heterocycles. The third kappa shape index (κ3) is 2.96. The fourth-order valence-corrected chi connectivity index (χ4v) is 1.81. The maximum absolute atomic E-state index is 11.3. The summed E-state index contributed by atoms with van der Waals surface area (Å²) in [5.74, 6) is -0.593. The van der Waals surface area contributed by atoms with Crippen LogP contribution in [0, 0.1) is 0 Å². The quantitative estimate of drug-likeness (QED) is 0.654. The predicted octanol–water partition coefficient (Wildman–Crippen LogP) is 1.50. The molecule has 0 saturated heterocycles. The van der Waals surface area contributed by atoms with Crippen molar-refractivity contribution in [2.75, 3.05) is 19.0 Å². The first kappa shape index (κ1) is 13.2. The molecule has 0 fully saturated rings. The Balaban J connectivity index is 1.98. The van der Waals surface area contributed by atoms with Gasteiger partial charge in [0.25, 0.3) is 0 Å². The standard InChI is InChI=1S/C13H16N2O4/c1-15-10-6-5-9(8-11(10)19-13(15)17)14-7-3-4-12(16)18-2/h5-6,8,14H,3-4,7H2,1-2H3. The van der Waals surface area contributed by atoms with Crippen LogP contribution < -0.4 is 11.1 Å². The minimum Gasteiger partial charge on any atom is -0.469 e. The monoisotopic (exact) mass is 264 g/mol. The van der Waals surface area contributed by atoms with Crippen LogP contribution in [-0.2, 0) is 16.6 Å². The van der Waals surface area contributed by atoms with E-state index in [1.807, 2.05) is 12.1 Å². The number of aromatic nitrogens is 1. The van der Waals surface area contributed by atoms with Crippen LogP contribution in [0.5, 0.6) is 0 Å². The van der Waals surface area contributed by atoms with Crippen molar-refractivity contribution in [1.29, 1.82) is 0 Å². The second-order valence-electron chi connectivity index (χ2n) is 4.22. The van der Waals surface area contributed by atoms with Gasteiger partial charge in [0.1, 0.15) is 0 Å². The smallest absolute Gasteiger partial charge is 0.419 e. The molecule has 2 rings (SSSR count). The van der Waals surface area contributed by atoms with Gasteiger partial charge in [0.2, 0.25) is 0 Å². The maximum atomic E-state index is 11.3. The van der Waals surface area contributed by atoms with E-state index in [0.717, 1.165) is 11.2 Å².